The van der Waals surface area contributed by atoms with Gasteiger partial charge in [0.05, 0.1) is 6.54 Å². The fraction of sp³-hybridized carbons (Fsp3) is 0.733. The standard InChI is InChI=1S/C15H22N4O4/c20-12-9-16-15(23)19(12)10-13(21)17-5-2-6-18(8-7-17)14(22)11-3-1-4-11/h11H,1-10H2,(H,16,23). The zero-order valence-electron chi connectivity index (χ0n) is 13.1. The van der Waals surface area contributed by atoms with Crippen molar-refractivity contribution in [1.82, 2.24) is 20.0 Å². The lowest BCUT2D eigenvalue weighted by molar-refractivity contribution is -0.139. The molecule has 1 saturated carbocycles. The highest BCUT2D eigenvalue weighted by Crippen LogP contribution is 2.28. The van der Waals surface area contributed by atoms with Gasteiger partial charge in [-0.25, -0.2) is 4.79 Å². The molecule has 0 radical (unpaired) electrons. The molecule has 0 unspecified atom stereocenters. The Morgan fingerprint density at radius 1 is 1.00 bits per heavy atom. The van der Waals surface area contributed by atoms with Gasteiger partial charge in [0, 0.05) is 32.1 Å². The highest BCUT2D eigenvalue weighted by molar-refractivity contribution is 6.04. The second-order valence-corrected chi connectivity index (χ2v) is 6.33. The number of hydrogen-bond donors (Lipinski definition) is 1. The summed E-state index contributed by atoms with van der Waals surface area (Å²) in [6, 6.07) is -0.514. The Balaban J connectivity index is 1.52. The van der Waals surface area contributed by atoms with E-state index in [1.807, 2.05) is 4.90 Å². The van der Waals surface area contributed by atoms with Crippen LogP contribution in [0.25, 0.3) is 0 Å². The van der Waals surface area contributed by atoms with E-state index in [0.717, 1.165) is 30.6 Å². The molecule has 1 aliphatic carbocycles. The molecule has 126 valence electrons. The Bertz CT molecular complexity index is 516. The summed E-state index contributed by atoms with van der Waals surface area (Å²) in [5, 5.41) is 2.40. The van der Waals surface area contributed by atoms with Gasteiger partial charge in [-0.05, 0) is 19.3 Å². The summed E-state index contributed by atoms with van der Waals surface area (Å²) in [7, 11) is 0. The van der Waals surface area contributed by atoms with Crippen molar-refractivity contribution in [2.75, 3.05) is 39.3 Å². The number of nitrogens with one attached hydrogen (secondary N) is 1. The summed E-state index contributed by atoms with van der Waals surface area (Å²) in [6.45, 7) is 1.94. The van der Waals surface area contributed by atoms with E-state index in [1.54, 1.807) is 4.90 Å². The van der Waals surface area contributed by atoms with Gasteiger partial charge in [0.25, 0.3) is 5.91 Å². The van der Waals surface area contributed by atoms with Crippen LogP contribution in [0.4, 0.5) is 4.79 Å². The maximum absolute atomic E-state index is 12.3. The number of amides is 5. The van der Waals surface area contributed by atoms with Gasteiger partial charge in [0.15, 0.2) is 0 Å². The number of carbonyl (C=O) groups is 4. The number of carbonyl (C=O) groups excluding carboxylic acids is 4. The number of nitrogens with zero attached hydrogens (tertiary/aromatic N) is 3. The number of urea groups is 1. The first kappa shape index (κ1) is 15.8. The van der Waals surface area contributed by atoms with Crippen molar-refractivity contribution in [2.45, 2.75) is 25.7 Å². The number of rotatable bonds is 3. The lowest BCUT2D eigenvalue weighted by Crippen LogP contribution is -2.45. The van der Waals surface area contributed by atoms with Crippen molar-refractivity contribution in [3.8, 4) is 0 Å². The molecule has 3 aliphatic rings. The molecule has 0 aromatic heterocycles. The van der Waals surface area contributed by atoms with Crippen LogP contribution in [-0.4, -0.2) is 77.7 Å². The van der Waals surface area contributed by atoms with Crippen LogP contribution in [0.5, 0.6) is 0 Å². The smallest absolute Gasteiger partial charge is 0.325 e. The Labute approximate surface area is 134 Å². The summed E-state index contributed by atoms with van der Waals surface area (Å²) in [4.78, 5) is 52.1. The fourth-order valence-corrected chi connectivity index (χ4v) is 3.15. The summed E-state index contributed by atoms with van der Waals surface area (Å²) in [5.74, 6) is -0.240. The Morgan fingerprint density at radius 3 is 2.30 bits per heavy atom. The molecule has 3 fully saturated rings. The van der Waals surface area contributed by atoms with Crippen LogP contribution in [0, 0.1) is 5.92 Å². The van der Waals surface area contributed by atoms with E-state index in [9.17, 15) is 19.2 Å². The van der Waals surface area contributed by atoms with Gasteiger partial charge in [-0.1, -0.05) is 6.42 Å². The van der Waals surface area contributed by atoms with Crippen molar-refractivity contribution < 1.29 is 19.2 Å². The zero-order valence-corrected chi connectivity index (χ0v) is 13.1. The largest absolute Gasteiger partial charge is 0.341 e. The molecule has 0 aromatic carbocycles. The van der Waals surface area contributed by atoms with Crippen LogP contribution in [0.15, 0.2) is 0 Å². The van der Waals surface area contributed by atoms with Gasteiger partial charge < -0.3 is 15.1 Å². The van der Waals surface area contributed by atoms with Crippen molar-refractivity contribution in [3.05, 3.63) is 0 Å². The molecule has 2 saturated heterocycles. The van der Waals surface area contributed by atoms with Gasteiger partial charge in [0.1, 0.15) is 6.54 Å². The molecule has 8 heteroatoms. The lowest BCUT2D eigenvalue weighted by atomic mass is 9.84. The third kappa shape index (κ3) is 3.30. The fourth-order valence-electron chi connectivity index (χ4n) is 3.15. The number of imide groups is 1. The normalized spacial score (nSPS) is 22.7. The third-order valence-electron chi connectivity index (χ3n) is 4.85. The predicted octanol–water partition coefficient (Wildman–Crippen LogP) is -0.601. The molecule has 2 aliphatic heterocycles. The Hall–Kier alpha value is -2.12. The quantitative estimate of drug-likeness (QED) is 0.703. The van der Waals surface area contributed by atoms with Crippen LogP contribution >= 0.6 is 0 Å². The second kappa shape index (κ2) is 6.55. The molecule has 0 aromatic rings. The molecule has 5 amide bonds. The van der Waals surface area contributed by atoms with Crippen molar-refractivity contribution in [2.24, 2.45) is 5.92 Å². The highest BCUT2D eigenvalue weighted by atomic mass is 16.2. The van der Waals surface area contributed by atoms with E-state index in [1.165, 1.54) is 0 Å². The number of hydrogen-bond acceptors (Lipinski definition) is 4. The van der Waals surface area contributed by atoms with Crippen LogP contribution < -0.4 is 5.32 Å². The van der Waals surface area contributed by atoms with Gasteiger partial charge in [-0.3, -0.25) is 19.3 Å². The minimum atomic E-state index is -0.514. The molecular weight excluding hydrogens is 300 g/mol. The van der Waals surface area contributed by atoms with Crippen molar-refractivity contribution in [1.29, 1.82) is 0 Å². The topological polar surface area (TPSA) is 90.0 Å². The lowest BCUT2D eigenvalue weighted by Gasteiger charge is -2.31. The van der Waals surface area contributed by atoms with E-state index in [-0.39, 0.29) is 36.7 Å². The first-order valence-corrected chi connectivity index (χ1v) is 8.21. The molecule has 8 nitrogen and oxygen atoms in total. The van der Waals surface area contributed by atoms with E-state index >= 15 is 0 Å². The molecule has 0 atom stereocenters. The van der Waals surface area contributed by atoms with E-state index < -0.39 is 6.03 Å². The highest BCUT2D eigenvalue weighted by Gasteiger charge is 2.33. The van der Waals surface area contributed by atoms with Gasteiger partial charge in [-0.15, -0.1) is 0 Å². The average molecular weight is 322 g/mol. The van der Waals surface area contributed by atoms with Crippen molar-refractivity contribution in [3.63, 3.8) is 0 Å². The maximum Gasteiger partial charge on any atom is 0.325 e. The van der Waals surface area contributed by atoms with Gasteiger partial charge in [-0.2, -0.15) is 0 Å². The first-order valence-electron chi connectivity index (χ1n) is 8.21. The predicted molar refractivity (Wildman–Crippen MR) is 80.2 cm³/mol. The summed E-state index contributed by atoms with van der Waals surface area (Å²) in [6.07, 6.45) is 3.81. The SMILES string of the molecule is O=C(CN1C(=O)CNC1=O)N1CCCN(C(=O)C2CCC2)CC1. The molecule has 23 heavy (non-hydrogen) atoms. The molecule has 1 N–H and O–H groups in total. The molecule has 0 bridgehead atoms. The summed E-state index contributed by atoms with van der Waals surface area (Å²) in [5.41, 5.74) is 0. The van der Waals surface area contributed by atoms with Crippen LogP contribution in [0.3, 0.4) is 0 Å². The van der Waals surface area contributed by atoms with Crippen molar-refractivity contribution >= 4 is 23.8 Å². The monoisotopic (exact) mass is 322 g/mol. The average Bonchev–Trinajstić information content (AvgIpc) is 2.70. The molecular formula is C15H22N4O4. The molecule has 0 spiro atoms. The van der Waals surface area contributed by atoms with Gasteiger partial charge >= 0.3 is 6.03 Å². The minimum absolute atomic E-state index is 0.0459. The van der Waals surface area contributed by atoms with Crippen LogP contribution in [-0.2, 0) is 14.4 Å². The van der Waals surface area contributed by atoms with E-state index in [0.29, 0.717) is 26.2 Å². The van der Waals surface area contributed by atoms with Crippen LogP contribution in [0.1, 0.15) is 25.7 Å². The summed E-state index contributed by atoms with van der Waals surface area (Å²) >= 11 is 0. The molecule has 3 rings (SSSR count). The summed E-state index contributed by atoms with van der Waals surface area (Å²) < 4.78 is 0. The maximum atomic E-state index is 12.3. The minimum Gasteiger partial charge on any atom is -0.341 e. The Morgan fingerprint density at radius 2 is 1.70 bits per heavy atom. The third-order valence-corrected chi connectivity index (χ3v) is 4.85. The first-order chi connectivity index (χ1) is 11.1. The zero-order chi connectivity index (χ0) is 16.4. The van der Waals surface area contributed by atoms with E-state index in [4.69, 9.17) is 0 Å². The molecule has 2 heterocycles. The Kier molecular flexibility index (Phi) is 4.49. The van der Waals surface area contributed by atoms with Gasteiger partial charge in [0.2, 0.25) is 11.8 Å². The second-order valence-electron chi connectivity index (χ2n) is 6.33. The van der Waals surface area contributed by atoms with Crippen LogP contribution in [0.2, 0.25) is 0 Å². The van der Waals surface area contributed by atoms with E-state index in [2.05, 4.69) is 5.32 Å².